The third-order valence-corrected chi connectivity index (χ3v) is 24.4. The van der Waals surface area contributed by atoms with Crippen molar-refractivity contribution < 1.29 is 14.7 Å². The van der Waals surface area contributed by atoms with Crippen LogP contribution in [0.2, 0.25) is 0 Å². The van der Waals surface area contributed by atoms with Gasteiger partial charge in [-0.1, -0.05) is 232 Å². The molecule has 8 aliphatic rings. The lowest BCUT2D eigenvalue weighted by Crippen LogP contribution is -2.20. The zero-order valence-electron chi connectivity index (χ0n) is 65.4. The highest BCUT2D eigenvalue weighted by Gasteiger charge is 2.49. The standard InChI is InChI=1S/C96H101N3O3/c1-44-27-66(73-60-38-52(91(9,10)11)29-46-28-50(89(3,4)5)36-58(67(44)73)69(46)60)81-75-62-40-54(93(15,16)17)32-48-33-55(94(18,19)20)41-63(71(48)62)76(75)82(98-81)79-86(100)80(88(102)87(79)101)83-77-64-42-56(95(21,22)23)34-49-35-57(96(24,25)26)43-65(72(49)64)78(77)85(99-83)84-74-61-39-53(92(12,13)14)31-47-30-51(90(6,7)8)37-59(70(47)61)68(74)45(2)97-84/h28-32,34-43,63,97-98,100H,27,33H2,1-26H3/b83-80+. The Bertz CT molecular complexity index is 6030. The minimum Gasteiger partial charge on any atom is -0.506 e. The van der Waals surface area contributed by atoms with Gasteiger partial charge in [0.25, 0.3) is 0 Å². The van der Waals surface area contributed by atoms with Crippen LogP contribution < -0.4 is 5.35 Å². The van der Waals surface area contributed by atoms with E-state index in [1.54, 1.807) is 0 Å². The van der Waals surface area contributed by atoms with E-state index < -0.39 is 11.6 Å². The first-order valence-electron chi connectivity index (χ1n) is 37.5. The zero-order valence-corrected chi connectivity index (χ0v) is 65.4. The fraction of sp³-hybridized carbons (Fsp3) is 0.385. The number of aromatic amines is 2. The molecule has 0 radical (unpaired) electrons. The molecule has 0 spiro atoms. The fourth-order valence-electron chi connectivity index (χ4n) is 18.5. The average molecular weight is 1340 g/mol. The third kappa shape index (κ3) is 9.23. The molecule has 2 aromatic heterocycles. The lowest BCUT2D eigenvalue weighted by molar-refractivity contribution is -0.129. The Hall–Kier alpha value is -8.87. The number of nitrogens with one attached hydrogen (secondary N) is 2. The molecule has 3 heterocycles. The molecule has 1 aliphatic heterocycles. The summed E-state index contributed by atoms with van der Waals surface area (Å²) < 4.78 is 0. The molecular weight excluding hydrogens is 1240 g/mol. The average Bonchev–Trinajstić information content (AvgIpc) is 1.53. The predicted octanol–water partition coefficient (Wildman–Crippen LogP) is 24.0. The number of hydrogen-bond donors (Lipinski definition) is 3. The Balaban J connectivity index is 1.01. The van der Waals surface area contributed by atoms with Gasteiger partial charge in [0.15, 0.2) is 0 Å². The van der Waals surface area contributed by atoms with E-state index in [1.165, 1.54) is 111 Å². The largest absolute Gasteiger partial charge is 0.506 e. The number of aliphatic hydroxyl groups is 1. The van der Waals surface area contributed by atoms with Crippen LogP contribution in [0.5, 0.6) is 0 Å². The Morgan fingerprint density at radius 1 is 0.392 bits per heavy atom. The van der Waals surface area contributed by atoms with E-state index >= 15 is 9.59 Å². The molecule has 0 fully saturated rings. The normalized spacial score (nSPS) is 17.7. The lowest BCUT2D eigenvalue weighted by Gasteiger charge is -2.32. The maximum atomic E-state index is 16.4. The summed E-state index contributed by atoms with van der Waals surface area (Å²) in [7, 11) is 0. The molecule has 0 saturated carbocycles. The van der Waals surface area contributed by atoms with Gasteiger partial charge < -0.3 is 15.1 Å². The molecule has 6 nitrogen and oxygen atoms in total. The zero-order chi connectivity index (χ0) is 73.1. The number of aliphatic hydroxyl groups excluding tert-OH is 1. The van der Waals surface area contributed by atoms with E-state index in [0.29, 0.717) is 23.2 Å². The second-order valence-corrected chi connectivity index (χ2v) is 39.9. The second-order valence-electron chi connectivity index (χ2n) is 39.9. The van der Waals surface area contributed by atoms with Gasteiger partial charge in [0.2, 0.25) is 11.6 Å². The summed E-state index contributed by atoms with van der Waals surface area (Å²) in [5.74, 6) is -2.10. The van der Waals surface area contributed by atoms with Gasteiger partial charge in [-0.25, -0.2) is 4.98 Å². The predicted molar refractivity (Wildman–Crippen MR) is 429 cm³/mol. The van der Waals surface area contributed by atoms with Gasteiger partial charge in [-0.3, -0.25) is 9.59 Å². The molecular formula is C96H101N3O3. The SMILES string of the molecule is CC1=C2C(=C(c3[nH]c(C4=C(O)/C(=c5\nc(-c6[nH]c(C)c7c6-c6cc(C(C)(C)C)cc8cc(C(C)(C)C)cc-7c68)c6c7cc(C(C)(C)C)cc8cc(C(C)(C)C)cc(c5=6)c87)C(=O)C4=O)c4c3-c3cc(C(C)(C)C)cc5c3C4C=C(C(C)(C)C)C5)C1)c1cc(C(C)(C)C)cc3cc(C(C)(C)C)cc2c13. The molecule has 518 valence electrons. The minimum absolute atomic E-state index is 0.00912. The Kier molecular flexibility index (Phi) is 13.2. The number of aryl methyl sites for hydroxylation is 1. The highest BCUT2D eigenvalue weighted by atomic mass is 16.3. The van der Waals surface area contributed by atoms with Gasteiger partial charge in [0.05, 0.1) is 39.3 Å². The first-order valence-corrected chi connectivity index (χ1v) is 37.5. The quantitative estimate of drug-likeness (QED) is 0.121. The minimum atomic E-state index is -0.755. The molecule has 1 atom stereocenters. The van der Waals surface area contributed by atoms with Crippen molar-refractivity contribution in [2.75, 3.05) is 0 Å². The van der Waals surface area contributed by atoms with Gasteiger partial charge in [-0.2, -0.15) is 0 Å². The number of nitrogens with zero attached hydrogens (tertiary/aromatic N) is 1. The first kappa shape index (κ1) is 66.4. The van der Waals surface area contributed by atoms with Crippen LogP contribution in [-0.4, -0.2) is 31.6 Å². The van der Waals surface area contributed by atoms with E-state index in [4.69, 9.17) is 4.98 Å². The van der Waals surface area contributed by atoms with E-state index in [2.05, 4.69) is 281 Å². The van der Waals surface area contributed by atoms with Crippen LogP contribution in [-0.2, 0) is 53.9 Å². The second kappa shape index (κ2) is 20.3. The van der Waals surface area contributed by atoms with Crippen molar-refractivity contribution >= 4 is 82.5 Å². The molecule has 102 heavy (non-hydrogen) atoms. The Labute approximate surface area is 603 Å². The number of aromatic nitrogens is 3. The van der Waals surface area contributed by atoms with Crippen molar-refractivity contribution in [3.8, 4) is 44.8 Å². The molecule has 0 bridgehead atoms. The summed E-state index contributed by atoms with van der Waals surface area (Å²) in [5, 5.41) is 25.3. The summed E-state index contributed by atoms with van der Waals surface area (Å²) in [6.07, 6.45) is 3.95. The molecule has 0 saturated heterocycles. The summed E-state index contributed by atoms with van der Waals surface area (Å²) >= 11 is 0. The monoisotopic (exact) mass is 1340 g/mol. The summed E-state index contributed by atoms with van der Waals surface area (Å²) in [6, 6.07) is 33.7. The number of benzene rings is 7. The molecule has 6 heteroatoms. The highest BCUT2D eigenvalue weighted by molar-refractivity contribution is 6.70. The van der Waals surface area contributed by atoms with E-state index in [9.17, 15) is 5.11 Å². The van der Waals surface area contributed by atoms with Crippen molar-refractivity contribution in [3.63, 3.8) is 0 Å². The number of Topliss-reactive ketones (excluding diaryl/α,β-unsaturated/α-hetero) is 2. The van der Waals surface area contributed by atoms with Crippen LogP contribution in [0.3, 0.4) is 0 Å². The summed E-state index contributed by atoms with van der Waals surface area (Å²) in [6.45, 7) is 59.6. The molecule has 0 amide bonds. The van der Waals surface area contributed by atoms with Gasteiger partial charge in [0.1, 0.15) is 5.76 Å². The van der Waals surface area contributed by atoms with Gasteiger partial charge in [-0.05, 0) is 250 Å². The van der Waals surface area contributed by atoms with Crippen LogP contribution in [0.1, 0.15) is 269 Å². The van der Waals surface area contributed by atoms with Crippen LogP contribution in [0.4, 0.5) is 0 Å². The van der Waals surface area contributed by atoms with Crippen molar-refractivity contribution in [2.45, 2.75) is 237 Å². The maximum Gasteiger partial charge on any atom is 0.239 e. The lowest BCUT2D eigenvalue weighted by atomic mass is 9.72. The van der Waals surface area contributed by atoms with Gasteiger partial charge in [0, 0.05) is 38.7 Å². The number of fused-ring (bicyclic) bond motifs is 11. The summed E-state index contributed by atoms with van der Waals surface area (Å²) in [5.41, 5.74) is 30.4. The first-order chi connectivity index (χ1) is 47.2. The number of hydrogen-bond acceptors (Lipinski definition) is 4. The molecule has 9 aromatic rings. The molecule has 1 unspecified atom stereocenters. The number of carbonyl (C=O) groups excluding carboxylic acids is 2. The molecule has 17 rings (SSSR count). The van der Waals surface area contributed by atoms with Crippen molar-refractivity contribution in [3.05, 3.63) is 208 Å². The number of carbonyl (C=O) groups is 2. The van der Waals surface area contributed by atoms with Crippen LogP contribution >= 0.6 is 0 Å². The van der Waals surface area contributed by atoms with Crippen molar-refractivity contribution in [2.24, 2.45) is 5.41 Å². The van der Waals surface area contributed by atoms with Gasteiger partial charge >= 0.3 is 0 Å². The van der Waals surface area contributed by atoms with E-state index in [0.717, 1.165) is 94.4 Å². The summed E-state index contributed by atoms with van der Waals surface area (Å²) in [4.78, 5) is 46.8. The van der Waals surface area contributed by atoms with Crippen LogP contribution in [0.15, 0.2) is 108 Å². The smallest absolute Gasteiger partial charge is 0.239 e. The Morgan fingerprint density at radius 3 is 1.33 bits per heavy atom. The fourth-order valence-corrected chi connectivity index (χ4v) is 18.5. The van der Waals surface area contributed by atoms with Crippen molar-refractivity contribution in [1.29, 1.82) is 0 Å². The molecule has 7 aromatic carbocycles. The van der Waals surface area contributed by atoms with E-state index in [1.807, 2.05) is 0 Å². The van der Waals surface area contributed by atoms with Gasteiger partial charge in [-0.15, -0.1) is 0 Å². The number of rotatable bonds is 3. The third-order valence-electron chi connectivity index (χ3n) is 24.4. The highest BCUT2D eigenvalue weighted by Crippen LogP contribution is 2.63. The number of ketones is 2. The number of allylic oxidation sites excluding steroid dienone is 8. The topological polar surface area (TPSA) is 98.8 Å². The molecule has 7 aliphatic carbocycles. The van der Waals surface area contributed by atoms with Crippen molar-refractivity contribution in [1.82, 2.24) is 15.0 Å². The van der Waals surface area contributed by atoms with E-state index in [-0.39, 0.29) is 66.1 Å². The Morgan fingerprint density at radius 2 is 0.824 bits per heavy atom. The molecule has 3 N–H and O–H groups in total. The van der Waals surface area contributed by atoms with Crippen LogP contribution in [0.25, 0.3) is 116 Å². The number of H-pyrrole nitrogens is 2. The maximum absolute atomic E-state index is 16.4. The van der Waals surface area contributed by atoms with Crippen LogP contribution in [0, 0.1) is 22.8 Å².